The maximum Gasteiger partial charge on any atom is 0.269 e. The number of rotatable bonds is 5. The Kier molecular flexibility index (Phi) is 4.68. The molecule has 5 nitrogen and oxygen atoms in total. The predicted octanol–water partition coefficient (Wildman–Crippen LogP) is 4.02. The number of allylic oxidation sites excluding steroid dienone is 1. The Labute approximate surface area is 128 Å². The Bertz CT molecular complexity index is 734. The molecule has 0 aliphatic rings. The molecule has 0 aliphatic heterocycles. The van der Waals surface area contributed by atoms with Crippen LogP contribution < -0.4 is 5.32 Å². The number of carbonyl (C=O) groups is 1. The SMILES string of the molecule is Cc1ccc(C(=O)/C=C/Nc2ccc([N+](=O)[O-])cc2C)cc1. The van der Waals surface area contributed by atoms with Crippen molar-refractivity contribution in [1.29, 1.82) is 0 Å². The summed E-state index contributed by atoms with van der Waals surface area (Å²) in [6.07, 6.45) is 2.97. The molecule has 2 aromatic carbocycles. The first-order valence-electron chi connectivity index (χ1n) is 6.76. The molecule has 2 rings (SSSR count). The topological polar surface area (TPSA) is 72.2 Å². The van der Waals surface area contributed by atoms with Gasteiger partial charge in [0.2, 0.25) is 0 Å². The summed E-state index contributed by atoms with van der Waals surface area (Å²) < 4.78 is 0. The Hall–Kier alpha value is -2.95. The van der Waals surface area contributed by atoms with Gasteiger partial charge in [-0.25, -0.2) is 0 Å². The molecule has 112 valence electrons. The van der Waals surface area contributed by atoms with Gasteiger partial charge in [-0.2, -0.15) is 0 Å². The standard InChI is InChI=1S/C17H16N2O3/c1-12-3-5-14(6-4-12)17(20)9-10-18-16-8-7-15(19(21)22)11-13(16)2/h3-11,18H,1-2H3/b10-9+. The summed E-state index contributed by atoms with van der Waals surface area (Å²) in [5.41, 5.74) is 3.21. The summed E-state index contributed by atoms with van der Waals surface area (Å²) in [6, 6.07) is 11.8. The number of nitrogens with zero attached hydrogens (tertiary/aromatic N) is 1. The highest BCUT2D eigenvalue weighted by Crippen LogP contribution is 2.21. The minimum atomic E-state index is -0.437. The van der Waals surface area contributed by atoms with Crippen LogP contribution in [0.25, 0.3) is 0 Å². The number of ketones is 1. The highest BCUT2D eigenvalue weighted by molar-refractivity contribution is 6.04. The Morgan fingerprint density at radius 2 is 1.82 bits per heavy atom. The molecule has 0 amide bonds. The normalized spacial score (nSPS) is 10.6. The lowest BCUT2D eigenvalue weighted by atomic mass is 10.1. The van der Waals surface area contributed by atoms with Gasteiger partial charge < -0.3 is 5.32 Å². The van der Waals surface area contributed by atoms with E-state index >= 15 is 0 Å². The maximum absolute atomic E-state index is 12.0. The van der Waals surface area contributed by atoms with Crippen molar-refractivity contribution in [3.63, 3.8) is 0 Å². The summed E-state index contributed by atoms with van der Waals surface area (Å²) in [4.78, 5) is 22.2. The van der Waals surface area contributed by atoms with Gasteiger partial charge in [0.15, 0.2) is 5.78 Å². The van der Waals surface area contributed by atoms with Crippen molar-refractivity contribution in [1.82, 2.24) is 0 Å². The van der Waals surface area contributed by atoms with Crippen molar-refractivity contribution in [2.75, 3.05) is 5.32 Å². The summed E-state index contributed by atoms with van der Waals surface area (Å²) in [5, 5.41) is 13.6. The second-order valence-corrected chi connectivity index (χ2v) is 4.96. The van der Waals surface area contributed by atoms with Gasteiger partial charge in [-0.3, -0.25) is 14.9 Å². The molecule has 0 saturated carbocycles. The molecule has 1 N–H and O–H groups in total. The van der Waals surface area contributed by atoms with Crippen molar-refractivity contribution < 1.29 is 9.72 Å². The molecule has 0 aliphatic carbocycles. The van der Waals surface area contributed by atoms with E-state index in [0.29, 0.717) is 5.56 Å². The molecule has 0 bridgehead atoms. The van der Waals surface area contributed by atoms with Gasteiger partial charge in [0.25, 0.3) is 5.69 Å². The van der Waals surface area contributed by atoms with E-state index in [9.17, 15) is 14.9 Å². The van der Waals surface area contributed by atoms with Crippen LogP contribution in [0.1, 0.15) is 21.5 Å². The number of nitro groups is 1. The number of nitrogens with one attached hydrogen (secondary N) is 1. The van der Waals surface area contributed by atoms with Crippen molar-refractivity contribution in [3.05, 3.63) is 81.5 Å². The number of hydrogen-bond acceptors (Lipinski definition) is 4. The van der Waals surface area contributed by atoms with Crippen molar-refractivity contribution in [2.45, 2.75) is 13.8 Å². The zero-order valence-electron chi connectivity index (χ0n) is 12.4. The van der Waals surface area contributed by atoms with E-state index < -0.39 is 4.92 Å². The fourth-order valence-electron chi connectivity index (χ4n) is 1.94. The molecule has 0 unspecified atom stereocenters. The molecule has 0 heterocycles. The first-order chi connectivity index (χ1) is 10.5. The van der Waals surface area contributed by atoms with Gasteiger partial charge >= 0.3 is 0 Å². The van der Waals surface area contributed by atoms with E-state index in [2.05, 4.69) is 5.32 Å². The monoisotopic (exact) mass is 296 g/mol. The smallest absolute Gasteiger partial charge is 0.269 e. The predicted molar refractivity (Wildman–Crippen MR) is 86.1 cm³/mol. The Morgan fingerprint density at radius 3 is 2.41 bits per heavy atom. The summed E-state index contributed by atoms with van der Waals surface area (Å²) in [5.74, 6) is -0.105. The van der Waals surface area contributed by atoms with E-state index in [1.165, 1.54) is 24.4 Å². The molecule has 5 heteroatoms. The number of benzene rings is 2. The number of aryl methyl sites for hydroxylation is 2. The van der Waals surface area contributed by atoms with Crippen LogP contribution in [0.3, 0.4) is 0 Å². The summed E-state index contributed by atoms with van der Waals surface area (Å²) in [7, 11) is 0. The first kappa shape index (κ1) is 15.4. The fourth-order valence-corrected chi connectivity index (χ4v) is 1.94. The number of hydrogen-bond donors (Lipinski definition) is 1. The Balaban J connectivity index is 2.04. The summed E-state index contributed by atoms with van der Waals surface area (Å²) >= 11 is 0. The summed E-state index contributed by atoms with van der Waals surface area (Å²) in [6.45, 7) is 3.73. The van der Waals surface area contributed by atoms with E-state index in [4.69, 9.17) is 0 Å². The lowest BCUT2D eigenvalue weighted by Gasteiger charge is -2.04. The number of carbonyl (C=O) groups excluding carboxylic acids is 1. The van der Waals surface area contributed by atoms with Gasteiger partial charge in [0.1, 0.15) is 0 Å². The van der Waals surface area contributed by atoms with Crippen molar-refractivity contribution >= 4 is 17.2 Å². The Morgan fingerprint density at radius 1 is 1.14 bits per heavy atom. The van der Waals surface area contributed by atoms with Crippen LogP contribution in [0.15, 0.2) is 54.7 Å². The van der Waals surface area contributed by atoms with Crippen molar-refractivity contribution in [3.8, 4) is 0 Å². The third-order valence-corrected chi connectivity index (χ3v) is 3.23. The van der Waals surface area contributed by atoms with E-state index in [0.717, 1.165) is 16.8 Å². The number of nitro benzene ring substituents is 1. The molecule has 0 aromatic heterocycles. The van der Waals surface area contributed by atoms with Gasteiger partial charge in [0.05, 0.1) is 4.92 Å². The molecule has 0 atom stereocenters. The zero-order valence-corrected chi connectivity index (χ0v) is 12.4. The highest BCUT2D eigenvalue weighted by atomic mass is 16.6. The molecule has 0 fully saturated rings. The lowest BCUT2D eigenvalue weighted by Crippen LogP contribution is -1.97. The average Bonchev–Trinajstić information content (AvgIpc) is 2.49. The molecule has 0 spiro atoms. The van der Waals surface area contributed by atoms with Crippen LogP contribution >= 0.6 is 0 Å². The lowest BCUT2D eigenvalue weighted by molar-refractivity contribution is -0.384. The van der Waals surface area contributed by atoms with Crippen LogP contribution in [0.4, 0.5) is 11.4 Å². The third-order valence-electron chi connectivity index (χ3n) is 3.23. The van der Waals surface area contributed by atoms with Gasteiger partial charge in [-0.15, -0.1) is 0 Å². The maximum atomic E-state index is 12.0. The van der Waals surface area contributed by atoms with Crippen LogP contribution in [-0.2, 0) is 0 Å². The van der Waals surface area contributed by atoms with Gasteiger partial charge in [-0.05, 0) is 25.5 Å². The largest absolute Gasteiger partial charge is 0.361 e. The van der Waals surface area contributed by atoms with E-state index in [-0.39, 0.29) is 11.5 Å². The fraction of sp³-hybridized carbons (Fsp3) is 0.118. The molecular formula is C17H16N2O3. The number of anilines is 1. The van der Waals surface area contributed by atoms with Crippen LogP contribution in [-0.4, -0.2) is 10.7 Å². The first-order valence-corrected chi connectivity index (χ1v) is 6.76. The molecule has 22 heavy (non-hydrogen) atoms. The molecular weight excluding hydrogens is 280 g/mol. The van der Waals surface area contributed by atoms with Crippen LogP contribution in [0, 0.1) is 24.0 Å². The van der Waals surface area contributed by atoms with Crippen LogP contribution in [0.5, 0.6) is 0 Å². The van der Waals surface area contributed by atoms with E-state index in [1.54, 1.807) is 25.1 Å². The van der Waals surface area contributed by atoms with Crippen LogP contribution in [0.2, 0.25) is 0 Å². The number of non-ortho nitro benzene ring substituents is 1. The zero-order chi connectivity index (χ0) is 16.1. The van der Waals surface area contributed by atoms with E-state index in [1.807, 2.05) is 19.1 Å². The minimum absolute atomic E-state index is 0.0442. The van der Waals surface area contributed by atoms with Gasteiger partial charge in [0, 0.05) is 35.7 Å². The minimum Gasteiger partial charge on any atom is -0.361 e. The second-order valence-electron chi connectivity index (χ2n) is 4.96. The molecule has 0 radical (unpaired) electrons. The van der Waals surface area contributed by atoms with Gasteiger partial charge in [-0.1, -0.05) is 29.8 Å². The third kappa shape index (κ3) is 3.79. The quantitative estimate of drug-likeness (QED) is 0.391. The average molecular weight is 296 g/mol. The molecule has 2 aromatic rings. The molecule has 0 saturated heterocycles. The highest BCUT2D eigenvalue weighted by Gasteiger charge is 2.07. The second kappa shape index (κ2) is 6.67. The van der Waals surface area contributed by atoms with Crippen molar-refractivity contribution in [2.24, 2.45) is 0 Å².